The first-order valence-corrected chi connectivity index (χ1v) is 8.68. The van der Waals surface area contributed by atoms with Gasteiger partial charge in [0.25, 0.3) is 0 Å². The van der Waals surface area contributed by atoms with Crippen molar-refractivity contribution >= 4 is 15.7 Å². The van der Waals surface area contributed by atoms with Crippen molar-refractivity contribution in [3.63, 3.8) is 0 Å². The van der Waals surface area contributed by atoms with Gasteiger partial charge in [0.1, 0.15) is 0 Å². The minimum atomic E-state index is -3.01. The Morgan fingerprint density at radius 1 is 1.37 bits per heavy atom. The zero-order valence-electron chi connectivity index (χ0n) is 11.0. The highest BCUT2D eigenvalue weighted by Crippen LogP contribution is 2.18. The highest BCUT2D eigenvalue weighted by atomic mass is 32.2. The summed E-state index contributed by atoms with van der Waals surface area (Å²) in [6, 6.07) is -0.381. The molecule has 0 spiro atoms. The third-order valence-electron chi connectivity index (χ3n) is 3.88. The van der Waals surface area contributed by atoms with E-state index in [1.54, 1.807) is 4.90 Å². The number of rotatable bonds is 3. The van der Waals surface area contributed by atoms with E-state index >= 15 is 0 Å². The average molecular weight is 290 g/mol. The van der Waals surface area contributed by atoms with Crippen LogP contribution in [0.25, 0.3) is 0 Å². The molecule has 0 aliphatic carbocycles. The Morgan fingerprint density at radius 2 is 2.16 bits per heavy atom. The molecule has 6 nitrogen and oxygen atoms in total. The molecule has 0 bridgehead atoms. The van der Waals surface area contributed by atoms with Gasteiger partial charge in [-0.05, 0) is 19.3 Å². The van der Waals surface area contributed by atoms with Crippen LogP contribution in [-0.2, 0) is 14.6 Å². The number of nitrogens with one attached hydrogen (secondary N) is 1. The molecule has 19 heavy (non-hydrogen) atoms. The molecule has 7 heteroatoms. The Balaban J connectivity index is 1.92. The van der Waals surface area contributed by atoms with E-state index in [9.17, 15) is 18.3 Å². The number of hydrogen-bond donors (Lipinski definition) is 2. The van der Waals surface area contributed by atoms with Gasteiger partial charge < -0.3 is 15.3 Å². The number of carbonyl (C=O) groups excluding carboxylic acids is 1. The van der Waals surface area contributed by atoms with Gasteiger partial charge in [-0.3, -0.25) is 4.79 Å². The monoisotopic (exact) mass is 290 g/mol. The van der Waals surface area contributed by atoms with E-state index in [2.05, 4.69) is 5.32 Å². The van der Waals surface area contributed by atoms with Crippen molar-refractivity contribution in [3.8, 4) is 0 Å². The average Bonchev–Trinajstić information content (AvgIpc) is 2.37. The molecule has 0 aromatic rings. The van der Waals surface area contributed by atoms with Gasteiger partial charge in [0.15, 0.2) is 9.84 Å². The van der Waals surface area contributed by atoms with Gasteiger partial charge in [0.2, 0.25) is 5.91 Å². The summed E-state index contributed by atoms with van der Waals surface area (Å²) < 4.78 is 23.1. The van der Waals surface area contributed by atoms with Gasteiger partial charge in [-0.2, -0.15) is 0 Å². The van der Waals surface area contributed by atoms with E-state index in [-0.39, 0.29) is 42.5 Å². The van der Waals surface area contributed by atoms with Crippen LogP contribution in [0.15, 0.2) is 0 Å². The third kappa shape index (κ3) is 3.90. The molecule has 110 valence electrons. The number of aliphatic hydroxyl groups excluding tert-OH is 1. The maximum atomic E-state index is 12.2. The second kappa shape index (κ2) is 6.19. The smallest absolute Gasteiger partial charge is 0.224 e. The number of nitrogens with zero attached hydrogens (tertiary/aromatic N) is 1. The fourth-order valence-electron chi connectivity index (χ4n) is 2.85. The molecule has 0 aromatic carbocycles. The molecule has 2 N–H and O–H groups in total. The van der Waals surface area contributed by atoms with E-state index in [1.165, 1.54) is 0 Å². The minimum Gasteiger partial charge on any atom is -0.394 e. The predicted octanol–water partition coefficient (Wildman–Crippen LogP) is -0.863. The molecule has 0 saturated carbocycles. The van der Waals surface area contributed by atoms with E-state index in [1.807, 2.05) is 0 Å². The van der Waals surface area contributed by atoms with Crippen LogP contribution in [0.1, 0.15) is 25.7 Å². The molecule has 1 amide bonds. The van der Waals surface area contributed by atoms with Crippen LogP contribution in [-0.4, -0.2) is 67.6 Å². The fraction of sp³-hybridized carbons (Fsp3) is 0.917. The van der Waals surface area contributed by atoms with Crippen LogP contribution in [0.3, 0.4) is 0 Å². The number of piperidine rings is 1. The fourth-order valence-corrected chi connectivity index (χ4v) is 4.29. The lowest BCUT2D eigenvalue weighted by molar-refractivity contribution is -0.136. The van der Waals surface area contributed by atoms with Crippen molar-refractivity contribution in [2.75, 3.05) is 31.2 Å². The highest BCUT2D eigenvalue weighted by molar-refractivity contribution is 7.91. The van der Waals surface area contributed by atoms with Gasteiger partial charge in [-0.15, -0.1) is 0 Å². The van der Waals surface area contributed by atoms with Crippen molar-refractivity contribution in [2.24, 2.45) is 0 Å². The van der Waals surface area contributed by atoms with Crippen molar-refractivity contribution < 1.29 is 18.3 Å². The van der Waals surface area contributed by atoms with E-state index in [0.717, 1.165) is 19.3 Å². The lowest BCUT2D eigenvalue weighted by Crippen LogP contribution is -2.51. The molecule has 2 saturated heterocycles. The maximum Gasteiger partial charge on any atom is 0.224 e. The summed E-state index contributed by atoms with van der Waals surface area (Å²) in [7, 11) is -3.01. The number of likely N-dealkylation sites (tertiary alicyclic amines) is 1. The number of aliphatic hydroxyl groups is 1. The van der Waals surface area contributed by atoms with Crippen LogP contribution in [0.4, 0.5) is 0 Å². The maximum absolute atomic E-state index is 12.2. The number of amides is 1. The first-order valence-electron chi connectivity index (χ1n) is 6.86. The molecule has 0 aromatic heterocycles. The molecular weight excluding hydrogens is 268 g/mol. The van der Waals surface area contributed by atoms with Gasteiger partial charge in [-0.1, -0.05) is 0 Å². The summed E-state index contributed by atoms with van der Waals surface area (Å²) in [5.41, 5.74) is 0. The van der Waals surface area contributed by atoms with E-state index in [4.69, 9.17) is 0 Å². The molecular formula is C12H22N2O4S. The van der Waals surface area contributed by atoms with Gasteiger partial charge in [0.05, 0.1) is 24.2 Å². The molecule has 0 radical (unpaired) electrons. The van der Waals surface area contributed by atoms with Crippen molar-refractivity contribution in [1.82, 2.24) is 10.2 Å². The van der Waals surface area contributed by atoms with E-state index < -0.39 is 9.84 Å². The van der Waals surface area contributed by atoms with Crippen LogP contribution < -0.4 is 5.32 Å². The molecule has 2 heterocycles. The Labute approximate surface area is 114 Å². The molecule has 2 unspecified atom stereocenters. The molecule has 2 aliphatic heterocycles. The number of carbonyl (C=O) groups is 1. The zero-order chi connectivity index (χ0) is 13.9. The molecule has 2 aliphatic rings. The summed E-state index contributed by atoms with van der Waals surface area (Å²) in [5, 5.41) is 12.4. The molecule has 2 rings (SSSR count). The lowest BCUT2D eigenvalue weighted by atomic mass is 10.0. The Kier molecular flexibility index (Phi) is 4.81. The van der Waals surface area contributed by atoms with Crippen molar-refractivity contribution in [1.29, 1.82) is 0 Å². The van der Waals surface area contributed by atoms with Gasteiger partial charge in [-0.25, -0.2) is 8.42 Å². The van der Waals surface area contributed by atoms with Crippen LogP contribution >= 0.6 is 0 Å². The third-order valence-corrected chi connectivity index (χ3v) is 5.62. The first kappa shape index (κ1) is 14.7. The first-order chi connectivity index (χ1) is 9.02. The highest BCUT2D eigenvalue weighted by Gasteiger charge is 2.31. The predicted molar refractivity (Wildman–Crippen MR) is 71.5 cm³/mol. The second-order valence-electron chi connectivity index (χ2n) is 5.39. The van der Waals surface area contributed by atoms with Crippen LogP contribution in [0.2, 0.25) is 0 Å². The lowest BCUT2D eigenvalue weighted by Gasteiger charge is -2.36. The Bertz CT molecular complexity index is 423. The Hall–Kier alpha value is -0.660. The zero-order valence-corrected chi connectivity index (χ0v) is 11.9. The number of sulfone groups is 1. The van der Waals surface area contributed by atoms with Crippen molar-refractivity contribution in [3.05, 3.63) is 0 Å². The van der Waals surface area contributed by atoms with Gasteiger partial charge in [0, 0.05) is 25.6 Å². The summed E-state index contributed by atoms with van der Waals surface area (Å²) in [4.78, 5) is 13.9. The normalized spacial score (nSPS) is 31.1. The second-order valence-corrected chi connectivity index (χ2v) is 7.62. The topological polar surface area (TPSA) is 86.7 Å². The number of hydrogen-bond acceptors (Lipinski definition) is 5. The van der Waals surface area contributed by atoms with Crippen LogP contribution in [0.5, 0.6) is 0 Å². The molecule has 2 fully saturated rings. The summed E-state index contributed by atoms with van der Waals surface area (Å²) in [5.74, 6) is 0.144. The van der Waals surface area contributed by atoms with Gasteiger partial charge >= 0.3 is 0 Å². The quantitative estimate of drug-likeness (QED) is 0.706. The largest absolute Gasteiger partial charge is 0.394 e. The summed E-state index contributed by atoms with van der Waals surface area (Å²) >= 11 is 0. The SMILES string of the molecule is O=C(CC1CS(=O)(=O)CCN1)N1CCCCC1CO. The van der Waals surface area contributed by atoms with Crippen LogP contribution in [0, 0.1) is 0 Å². The summed E-state index contributed by atoms with van der Waals surface area (Å²) in [6.45, 7) is 1.08. The standard InChI is InChI=1S/C12H22N2O4S/c15-8-11-3-1-2-5-14(11)12(16)7-10-9-19(17,18)6-4-13-10/h10-11,13,15H,1-9H2. The molecule has 2 atom stereocenters. The van der Waals surface area contributed by atoms with E-state index in [0.29, 0.717) is 13.1 Å². The minimum absolute atomic E-state index is 0.0118. The van der Waals surface area contributed by atoms with Crippen molar-refractivity contribution in [2.45, 2.75) is 37.8 Å². The summed E-state index contributed by atoms with van der Waals surface area (Å²) in [6.07, 6.45) is 3.03. The Morgan fingerprint density at radius 3 is 2.84 bits per heavy atom.